The summed E-state index contributed by atoms with van der Waals surface area (Å²) in [6.45, 7) is 1.58. The van der Waals surface area contributed by atoms with Gasteiger partial charge in [0.25, 0.3) is 15.9 Å². The Bertz CT molecular complexity index is 915. The fraction of sp³-hybridized carbons (Fsp3) is 0.300. The first kappa shape index (κ1) is 19.1. The predicted octanol–water partition coefficient (Wildman–Crippen LogP) is 3.24. The molecule has 0 radical (unpaired) electrons. The largest absolute Gasteiger partial charge is 0.271 e. The van der Waals surface area contributed by atoms with Gasteiger partial charge in [-0.2, -0.15) is 5.10 Å². The van der Waals surface area contributed by atoms with E-state index in [1.54, 1.807) is 30.3 Å². The number of anilines is 1. The Kier molecular flexibility index (Phi) is 5.91. The number of nitrogens with zero attached hydrogens (tertiary/aromatic N) is 2. The maximum absolute atomic E-state index is 13.1. The summed E-state index contributed by atoms with van der Waals surface area (Å²) in [6, 6.07) is 15.1. The van der Waals surface area contributed by atoms with Crippen LogP contribution in [-0.4, -0.2) is 26.6 Å². The van der Waals surface area contributed by atoms with Crippen molar-refractivity contribution in [1.82, 2.24) is 5.43 Å². The highest BCUT2D eigenvalue weighted by Crippen LogP contribution is 2.24. The van der Waals surface area contributed by atoms with Crippen molar-refractivity contribution in [3.05, 3.63) is 60.2 Å². The van der Waals surface area contributed by atoms with Gasteiger partial charge in [0.05, 0.1) is 10.6 Å². The summed E-state index contributed by atoms with van der Waals surface area (Å²) in [5.41, 5.74) is 4.90. The number of carbonyl (C=O) groups excluding carboxylic acids is 1. The van der Waals surface area contributed by atoms with Crippen molar-refractivity contribution in [2.45, 2.75) is 37.5 Å². The normalized spacial score (nSPS) is 14.0. The van der Waals surface area contributed by atoms with Crippen LogP contribution in [0.15, 0.2) is 64.6 Å². The average Bonchev–Trinajstić information content (AvgIpc) is 3.19. The maximum atomic E-state index is 13.1. The van der Waals surface area contributed by atoms with Crippen molar-refractivity contribution in [2.24, 2.45) is 5.10 Å². The molecule has 1 amide bonds. The fourth-order valence-electron chi connectivity index (χ4n) is 2.95. The van der Waals surface area contributed by atoms with Gasteiger partial charge in [-0.1, -0.05) is 35.9 Å². The van der Waals surface area contributed by atoms with Gasteiger partial charge in [0, 0.05) is 5.71 Å². The first-order chi connectivity index (χ1) is 13.0. The minimum Gasteiger partial charge on any atom is -0.271 e. The van der Waals surface area contributed by atoms with Crippen LogP contribution < -0.4 is 9.73 Å². The Labute approximate surface area is 159 Å². The molecule has 1 aliphatic rings. The molecule has 1 saturated carbocycles. The van der Waals surface area contributed by atoms with Gasteiger partial charge in [0.15, 0.2) is 0 Å². The van der Waals surface area contributed by atoms with E-state index in [0.29, 0.717) is 5.69 Å². The van der Waals surface area contributed by atoms with E-state index in [0.717, 1.165) is 41.3 Å². The minimum absolute atomic E-state index is 0.139. The number of benzene rings is 2. The molecule has 0 atom stereocenters. The molecule has 0 heterocycles. The van der Waals surface area contributed by atoms with Crippen molar-refractivity contribution in [3.8, 4) is 0 Å². The third-order valence-corrected chi connectivity index (χ3v) is 6.25. The molecule has 2 aromatic rings. The van der Waals surface area contributed by atoms with E-state index in [9.17, 15) is 13.2 Å². The molecule has 1 aliphatic carbocycles. The molecule has 1 N–H and O–H groups in total. The fourth-order valence-corrected chi connectivity index (χ4v) is 4.39. The number of hydrogen-bond acceptors (Lipinski definition) is 4. The van der Waals surface area contributed by atoms with E-state index < -0.39 is 15.9 Å². The molecule has 27 heavy (non-hydrogen) atoms. The van der Waals surface area contributed by atoms with Crippen molar-refractivity contribution in [3.63, 3.8) is 0 Å². The van der Waals surface area contributed by atoms with Gasteiger partial charge in [0.2, 0.25) is 0 Å². The summed E-state index contributed by atoms with van der Waals surface area (Å²) in [4.78, 5) is 12.5. The Morgan fingerprint density at radius 1 is 1.04 bits per heavy atom. The molecule has 0 unspecified atom stereocenters. The molecule has 2 aromatic carbocycles. The lowest BCUT2D eigenvalue weighted by atomic mass is 10.2. The van der Waals surface area contributed by atoms with E-state index in [1.165, 1.54) is 12.1 Å². The van der Waals surface area contributed by atoms with Crippen LogP contribution in [0, 0.1) is 6.92 Å². The van der Waals surface area contributed by atoms with Crippen LogP contribution in [0.25, 0.3) is 0 Å². The van der Waals surface area contributed by atoms with E-state index in [1.807, 2.05) is 19.1 Å². The monoisotopic (exact) mass is 385 g/mol. The summed E-state index contributed by atoms with van der Waals surface area (Å²) >= 11 is 0. The molecule has 0 aromatic heterocycles. The molecular weight excluding hydrogens is 362 g/mol. The highest BCUT2D eigenvalue weighted by molar-refractivity contribution is 7.92. The van der Waals surface area contributed by atoms with Crippen molar-refractivity contribution in [1.29, 1.82) is 0 Å². The second-order valence-electron chi connectivity index (χ2n) is 6.58. The van der Waals surface area contributed by atoms with Crippen LogP contribution in [0.5, 0.6) is 0 Å². The van der Waals surface area contributed by atoms with Crippen LogP contribution >= 0.6 is 0 Å². The second kappa shape index (κ2) is 8.35. The highest BCUT2D eigenvalue weighted by Gasteiger charge is 2.27. The van der Waals surface area contributed by atoms with E-state index in [2.05, 4.69) is 10.5 Å². The third kappa shape index (κ3) is 4.74. The number of hydrazone groups is 1. The number of aryl methyl sites for hydroxylation is 1. The minimum atomic E-state index is -3.88. The average molecular weight is 385 g/mol. The summed E-state index contributed by atoms with van der Waals surface area (Å²) in [5.74, 6) is -0.463. The molecule has 142 valence electrons. The second-order valence-corrected chi connectivity index (χ2v) is 8.44. The number of carbonyl (C=O) groups is 1. The van der Waals surface area contributed by atoms with Gasteiger partial charge in [-0.15, -0.1) is 0 Å². The number of nitrogens with one attached hydrogen (secondary N) is 1. The van der Waals surface area contributed by atoms with Gasteiger partial charge in [0.1, 0.15) is 6.54 Å². The summed E-state index contributed by atoms with van der Waals surface area (Å²) in [6.07, 6.45) is 3.91. The topological polar surface area (TPSA) is 78.8 Å². The number of rotatable bonds is 6. The van der Waals surface area contributed by atoms with Gasteiger partial charge < -0.3 is 0 Å². The predicted molar refractivity (Wildman–Crippen MR) is 106 cm³/mol. The lowest BCUT2D eigenvalue weighted by Gasteiger charge is -2.23. The van der Waals surface area contributed by atoms with E-state index in [4.69, 9.17) is 0 Å². The van der Waals surface area contributed by atoms with Gasteiger partial charge in [-0.25, -0.2) is 13.8 Å². The van der Waals surface area contributed by atoms with E-state index in [-0.39, 0.29) is 11.4 Å². The maximum Gasteiger partial charge on any atom is 0.264 e. The lowest BCUT2D eigenvalue weighted by Crippen LogP contribution is -2.39. The Hall–Kier alpha value is -2.67. The Morgan fingerprint density at radius 2 is 1.67 bits per heavy atom. The number of hydrogen-bond donors (Lipinski definition) is 1. The SMILES string of the molecule is Cc1ccc(N(CC(=O)NN=C2CCCC2)S(=O)(=O)c2ccccc2)cc1. The van der Waals surface area contributed by atoms with Crippen LogP contribution in [0.2, 0.25) is 0 Å². The number of amides is 1. The molecule has 7 heteroatoms. The first-order valence-corrected chi connectivity index (χ1v) is 10.4. The van der Waals surface area contributed by atoms with Crippen LogP contribution in [0.3, 0.4) is 0 Å². The molecule has 0 spiro atoms. The summed E-state index contributed by atoms with van der Waals surface area (Å²) in [7, 11) is -3.88. The van der Waals surface area contributed by atoms with Crippen molar-refractivity contribution < 1.29 is 13.2 Å². The van der Waals surface area contributed by atoms with Crippen LogP contribution in [-0.2, 0) is 14.8 Å². The van der Waals surface area contributed by atoms with Crippen molar-refractivity contribution in [2.75, 3.05) is 10.8 Å². The summed E-state index contributed by atoms with van der Waals surface area (Å²) in [5, 5.41) is 4.13. The summed E-state index contributed by atoms with van der Waals surface area (Å²) < 4.78 is 27.4. The van der Waals surface area contributed by atoms with Crippen molar-refractivity contribution >= 4 is 27.3 Å². The molecule has 6 nitrogen and oxygen atoms in total. The molecule has 0 saturated heterocycles. The number of sulfonamides is 1. The smallest absolute Gasteiger partial charge is 0.264 e. The lowest BCUT2D eigenvalue weighted by molar-refractivity contribution is -0.119. The van der Waals surface area contributed by atoms with Crippen LogP contribution in [0.1, 0.15) is 31.2 Å². The molecule has 0 bridgehead atoms. The quantitative estimate of drug-likeness (QED) is 0.776. The third-order valence-electron chi connectivity index (χ3n) is 4.46. The molecule has 3 rings (SSSR count). The first-order valence-electron chi connectivity index (χ1n) is 8.95. The Morgan fingerprint density at radius 3 is 2.30 bits per heavy atom. The zero-order valence-corrected chi connectivity index (χ0v) is 16.1. The standard InChI is InChI=1S/C20H23N3O3S/c1-16-11-13-18(14-12-16)23(27(25,26)19-9-3-2-4-10-19)15-20(24)22-21-17-7-5-6-8-17/h2-4,9-14H,5-8,15H2,1H3,(H,22,24). The molecule has 0 aliphatic heterocycles. The van der Waals surface area contributed by atoms with E-state index >= 15 is 0 Å². The zero-order valence-electron chi connectivity index (χ0n) is 15.3. The van der Waals surface area contributed by atoms with Crippen LogP contribution in [0.4, 0.5) is 5.69 Å². The van der Waals surface area contributed by atoms with Gasteiger partial charge in [-0.3, -0.25) is 9.10 Å². The van der Waals surface area contributed by atoms with Gasteiger partial charge in [-0.05, 0) is 56.9 Å². The Balaban J connectivity index is 1.87. The molecule has 1 fully saturated rings. The molecular formula is C20H23N3O3S. The zero-order chi connectivity index (χ0) is 19.3. The highest BCUT2D eigenvalue weighted by atomic mass is 32.2. The van der Waals surface area contributed by atoms with Gasteiger partial charge >= 0.3 is 0 Å².